The fourth-order valence-electron chi connectivity index (χ4n) is 4.45. The molecule has 1 saturated carbocycles. The molecule has 1 aliphatic rings. The summed E-state index contributed by atoms with van der Waals surface area (Å²) >= 11 is 12.4. The minimum absolute atomic E-state index is 0.0644. The molecule has 1 N–H and O–H groups in total. The number of sulfonamides is 1. The summed E-state index contributed by atoms with van der Waals surface area (Å²) in [5, 5.41) is 4.00. The molecule has 36 heavy (non-hydrogen) atoms. The lowest BCUT2D eigenvalue weighted by Crippen LogP contribution is -2.53. The van der Waals surface area contributed by atoms with Crippen LogP contribution >= 0.6 is 23.2 Å². The molecular weight excluding hydrogens is 521 g/mol. The van der Waals surface area contributed by atoms with Crippen molar-refractivity contribution in [3.63, 3.8) is 0 Å². The molecule has 2 amide bonds. The number of nitrogens with one attached hydrogen (secondary N) is 1. The Balaban J connectivity index is 1.90. The topological polar surface area (TPSA) is 86.8 Å². The highest BCUT2D eigenvalue weighted by Crippen LogP contribution is 2.27. The number of anilines is 1. The van der Waals surface area contributed by atoms with Crippen molar-refractivity contribution in [2.75, 3.05) is 17.1 Å². The zero-order valence-corrected chi connectivity index (χ0v) is 23.2. The van der Waals surface area contributed by atoms with Gasteiger partial charge >= 0.3 is 0 Å². The molecule has 1 atom stereocenters. The molecule has 10 heteroatoms. The van der Waals surface area contributed by atoms with Crippen LogP contribution in [0, 0.1) is 6.92 Å². The number of carbonyl (C=O) groups is 2. The van der Waals surface area contributed by atoms with Crippen LogP contribution in [-0.2, 0) is 26.2 Å². The third-order valence-corrected chi connectivity index (χ3v) is 8.25. The smallest absolute Gasteiger partial charge is 0.244 e. The maximum absolute atomic E-state index is 13.7. The van der Waals surface area contributed by atoms with Gasteiger partial charge in [-0.1, -0.05) is 60.7 Å². The van der Waals surface area contributed by atoms with Crippen molar-refractivity contribution in [3.05, 3.63) is 63.6 Å². The average Bonchev–Trinajstić information content (AvgIpc) is 2.82. The normalized spacial score (nSPS) is 15.2. The lowest BCUT2D eigenvalue weighted by Gasteiger charge is -2.33. The minimum Gasteiger partial charge on any atom is -0.352 e. The summed E-state index contributed by atoms with van der Waals surface area (Å²) in [4.78, 5) is 28.3. The monoisotopic (exact) mass is 553 g/mol. The van der Waals surface area contributed by atoms with Crippen LogP contribution in [0.2, 0.25) is 10.0 Å². The van der Waals surface area contributed by atoms with Gasteiger partial charge in [-0.05, 0) is 62.1 Å². The van der Waals surface area contributed by atoms with E-state index in [1.165, 1.54) is 4.90 Å². The third-order valence-electron chi connectivity index (χ3n) is 6.52. The van der Waals surface area contributed by atoms with E-state index in [0.29, 0.717) is 26.9 Å². The summed E-state index contributed by atoms with van der Waals surface area (Å²) in [6.07, 6.45) is 6.15. The second-order valence-corrected chi connectivity index (χ2v) is 12.1. The Kier molecular flexibility index (Phi) is 9.66. The van der Waals surface area contributed by atoms with Gasteiger partial charge < -0.3 is 10.2 Å². The van der Waals surface area contributed by atoms with E-state index in [9.17, 15) is 18.0 Å². The second kappa shape index (κ2) is 12.3. The molecule has 0 unspecified atom stereocenters. The fourth-order valence-corrected chi connectivity index (χ4v) is 5.78. The van der Waals surface area contributed by atoms with E-state index in [1.807, 2.05) is 0 Å². The van der Waals surface area contributed by atoms with Crippen LogP contribution in [0.4, 0.5) is 5.69 Å². The molecular formula is C26H33Cl2N3O4S. The van der Waals surface area contributed by atoms with Crippen LogP contribution in [0.1, 0.15) is 50.2 Å². The molecule has 1 fully saturated rings. The largest absolute Gasteiger partial charge is 0.352 e. The Hall–Kier alpha value is -2.29. The van der Waals surface area contributed by atoms with Crippen LogP contribution < -0.4 is 9.62 Å². The van der Waals surface area contributed by atoms with E-state index in [4.69, 9.17) is 23.2 Å². The molecule has 0 aromatic heterocycles. The van der Waals surface area contributed by atoms with E-state index in [0.717, 1.165) is 42.7 Å². The predicted octanol–water partition coefficient (Wildman–Crippen LogP) is 4.93. The Labute approximate surface area is 223 Å². The van der Waals surface area contributed by atoms with Crippen molar-refractivity contribution in [3.8, 4) is 0 Å². The molecule has 0 saturated heterocycles. The van der Waals surface area contributed by atoms with Gasteiger partial charge in [0.15, 0.2) is 0 Å². The van der Waals surface area contributed by atoms with Gasteiger partial charge in [-0.2, -0.15) is 0 Å². The van der Waals surface area contributed by atoms with Gasteiger partial charge in [-0.3, -0.25) is 13.9 Å². The highest BCUT2D eigenvalue weighted by atomic mass is 35.5. The van der Waals surface area contributed by atoms with E-state index in [1.54, 1.807) is 56.3 Å². The quantitative estimate of drug-likeness (QED) is 0.476. The number of halogens is 2. The Bertz CT molecular complexity index is 1200. The van der Waals surface area contributed by atoms with E-state index < -0.39 is 28.5 Å². The van der Waals surface area contributed by atoms with E-state index >= 15 is 0 Å². The van der Waals surface area contributed by atoms with Gasteiger partial charge in [0.2, 0.25) is 21.8 Å². The number of carbonyl (C=O) groups excluding carboxylic acids is 2. The highest BCUT2D eigenvalue weighted by molar-refractivity contribution is 7.92. The van der Waals surface area contributed by atoms with Crippen molar-refractivity contribution in [1.82, 2.24) is 10.2 Å². The summed E-state index contributed by atoms with van der Waals surface area (Å²) in [6.45, 7) is 2.98. The summed E-state index contributed by atoms with van der Waals surface area (Å²) in [5.41, 5.74) is 1.63. The van der Waals surface area contributed by atoms with Crippen LogP contribution in [0.5, 0.6) is 0 Å². The molecule has 3 rings (SSSR count). The first-order valence-corrected chi connectivity index (χ1v) is 14.6. The number of aryl methyl sites for hydroxylation is 1. The van der Waals surface area contributed by atoms with Gasteiger partial charge in [0.25, 0.3) is 0 Å². The first-order valence-electron chi connectivity index (χ1n) is 12.0. The van der Waals surface area contributed by atoms with Gasteiger partial charge in [0.05, 0.1) is 11.9 Å². The molecule has 0 radical (unpaired) electrons. The van der Waals surface area contributed by atoms with Gasteiger partial charge in [-0.15, -0.1) is 0 Å². The molecule has 0 heterocycles. The van der Waals surface area contributed by atoms with Gasteiger partial charge in [0.1, 0.15) is 12.6 Å². The van der Waals surface area contributed by atoms with Crippen molar-refractivity contribution < 1.29 is 18.0 Å². The molecule has 196 valence electrons. The van der Waals surface area contributed by atoms with E-state index in [-0.39, 0.29) is 18.5 Å². The van der Waals surface area contributed by atoms with Gasteiger partial charge in [-0.25, -0.2) is 8.42 Å². The zero-order chi connectivity index (χ0) is 26.5. The summed E-state index contributed by atoms with van der Waals surface area (Å²) in [6, 6.07) is 11.1. The minimum atomic E-state index is -3.82. The van der Waals surface area contributed by atoms with Crippen LogP contribution in [0.25, 0.3) is 0 Å². The maximum atomic E-state index is 13.7. The zero-order valence-electron chi connectivity index (χ0n) is 20.8. The number of amides is 2. The number of hydrogen-bond donors (Lipinski definition) is 1. The van der Waals surface area contributed by atoms with E-state index in [2.05, 4.69) is 5.32 Å². The van der Waals surface area contributed by atoms with Crippen molar-refractivity contribution >= 4 is 50.7 Å². The van der Waals surface area contributed by atoms with Crippen LogP contribution in [0.3, 0.4) is 0 Å². The highest BCUT2D eigenvalue weighted by Gasteiger charge is 2.32. The molecule has 0 bridgehead atoms. The summed E-state index contributed by atoms with van der Waals surface area (Å²) < 4.78 is 26.5. The SMILES string of the molecule is Cc1cc(Cl)ccc1N(CC(=O)N(Cc1ccccc1Cl)[C@@H](C)C(=O)NC1CCCCC1)S(C)(=O)=O. The molecule has 7 nitrogen and oxygen atoms in total. The van der Waals surface area contributed by atoms with Crippen molar-refractivity contribution in [2.24, 2.45) is 0 Å². The molecule has 0 aliphatic heterocycles. The fraction of sp³-hybridized carbons (Fsp3) is 0.462. The summed E-state index contributed by atoms with van der Waals surface area (Å²) in [5.74, 6) is -0.781. The first-order chi connectivity index (χ1) is 17.0. The van der Waals surface area contributed by atoms with Crippen molar-refractivity contribution in [1.29, 1.82) is 0 Å². The molecule has 2 aromatic rings. The lowest BCUT2D eigenvalue weighted by molar-refractivity contribution is -0.139. The van der Waals surface area contributed by atoms with Crippen LogP contribution in [0.15, 0.2) is 42.5 Å². The Morgan fingerprint density at radius 3 is 2.36 bits per heavy atom. The predicted molar refractivity (Wildman–Crippen MR) is 145 cm³/mol. The standard InChI is InChI=1S/C26H33Cl2N3O4S/c1-18-15-21(27)13-14-24(18)31(36(3,34)35)17-25(32)30(16-20-9-7-8-12-23(20)28)19(2)26(33)29-22-10-5-4-6-11-22/h7-9,12-15,19,22H,4-6,10-11,16-17H2,1-3H3,(H,29,33)/t19-/m0/s1. The maximum Gasteiger partial charge on any atom is 0.244 e. The number of rotatable bonds is 9. The average molecular weight is 555 g/mol. The second-order valence-electron chi connectivity index (χ2n) is 9.33. The number of hydrogen-bond acceptors (Lipinski definition) is 4. The number of nitrogens with zero attached hydrogens (tertiary/aromatic N) is 2. The summed E-state index contributed by atoms with van der Waals surface area (Å²) in [7, 11) is -3.82. The Morgan fingerprint density at radius 2 is 1.75 bits per heavy atom. The third kappa shape index (κ3) is 7.37. The first kappa shape index (κ1) is 28.3. The molecule has 0 spiro atoms. The molecule has 2 aromatic carbocycles. The Morgan fingerprint density at radius 1 is 1.08 bits per heavy atom. The van der Waals surface area contributed by atoms with Crippen molar-refractivity contribution in [2.45, 2.75) is 64.6 Å². The molecule has 1 aliphatic carbocycles. The number of benzene rings is 2. The van der Waals surface area contributed by atoms with Crippen LogP contribution in [-0.4, -0.2) is 50.0 Å². The lowest BCUT2D eigenvalue weighted by atomic mass is 9.95. The van der Waals surface area contributed by atoms with Gasteiger partial charge in [0, 0.05) is 22.6 Å².